The zero-order valence-electron chi connectivity index (χ0n) is 5.64. The van der Waals surface area contributed by atoms with Gasteiger partial charge in [-0.2, -0.15) is 0 Å². The van der Waals surface area contributed by atoms with Gasteiger partial charge in [-0.3, -0.25) is 0 Å². The Balaban J connectivity index is 3.44. The van der Waals surface area contributed by atoms with Gasteiger partial charge in [-0.15, -0.1) is 0 Å². The van der Waals surface area contributed by atoms with E-state index >= 15 is 0 Å². The maximum atomic E-state index is 11.8. The van der Waals surface area contributed by atoms with Gasteiger partial charge < -0.3 is 9.47 Å². The molecule has 0 amide bonds. The number of carbonyl (C=O) groups is 1. The summed E-state index contributed by atoms with van der Waals surface area (Å²) in [5.74, 6) is 0. The Morgan fingerprint density at radius 1 is 1.20 bits per heavy atom. The molecule has 0 saturated carbocycles. The summed E-state index contributed by atoms with van der Waals surface area (Å²) in [6, 6.07) is 0. The van der Waals surface area contributed by atoms with Gasteiger partial charge in [-0.25, -0.2) is 13.6 Å². The molecule has 0 spiro atoms. The van der Waals surface area contributed by atoms with Gasteiger partial charge in [0.2, 0.25) is 12.7 Å². The maximum absolute atomic E-state index is 11.8. The fraction of sp³-hybridized carbons (Fsp3) is 0.800. The standard InChI is InChI=1S/C5H8F2O3/c1-3(6)9-5(8)10-4(2)7/h3-4H,1-2H3/t3-,4?/m1/s1. The Labute approximate surface area is 56.9 Å². The minimum absolute atomic E-state index is 0.990. The first kappa shape index (κ1) is 9.13. The van der Waals surface area contributed by atoms with Crippen LogP contribution in [-0.4, -0.2) is 18.9 Å². The average molecular weight is 154 g/mol. The molecule has 10 heavy (non-hydrogen) atoms. The highest BCUT2D eigenvalue weighted by atomic mass is 19.2. The smallest absolute Gasteiger partial charge is 0.400 e. The van der Waals surface area contributed by atoms with Gasteiger partial charge in [0, 0.05) is 13.8 Å². The average Bonchev–Trinajstić information content (AvgIpc) is 1.58. The van der Waals surface area contributed by atoms with Crippen LogP contribution in [0.3, 0.4) is 0 Å². The highest BCUT2D eigenvalue weighted by molar-refractivity contribution is 5.59. The molecule has 3 nitrogen and oxygen atoms in total. The lowest BCUT2D eigenvalue weighted by atomic mass is 10.8. The van der Waals surface area contributed by atoms with E-state index in [0.29, 0.717) is 0 Å². The Morgan fingerprint density at radius 3 is 1.70 bits per heavy atom. The van der Waals surface area contributed by atoms with Crippen molar-refractivity contribution in [2.24, 2.45) is 0 Å². The van der Waals surface area contributed by atoms with E-state index < -0.39 is 18.9 Å². The van der Waals surface area contributed by atoms with E-state index in [9.17, 15) is 13.6 Å². The van der Waals surface area contributed by atoms with Gasteiger partial charge in [-0.1, -0.05) is 0 Å². The molecular weight excluding hydrogens is 146 g/mol. The number of rotatable bonds is 2. The monoisotopic (exact) mass is 154 g/mol. The van der Waals surface area contributed by atoms with Gasteiger partial charge >= 0.3 is 6.16 Å². The first-order chi connectivity index (χ1) is 4.52. The Morgan fingerprint density at radius 2 is 1.50 bits per heavy atom. The summed E-state index contributed by atoms with van der Waals surface area (Å²) < 4.78 is 31.1. The molecule has 0 saturated heterocycles. The molecule has 0 aliphatic carbocycles. The number of hydrogen-bond donors (Lipinski definition) is 0. The van der Waals surface area contributed by atoms with Crippen molar-refractivity contribution in [3.05, 3.63) is 0 Å². The van der Waals surface area contributed by atoms with Crippen LogP contribution in [0.1, 0.15) is 13.8 Å². The number of ether oxygens (including phenoxy) is 2. The molecule has 0 aromatic carbocycles. The third-order valence-corrected chi connectivity index (χ3v) is 0.517. The minimum atomic E-state index is -1.77. The summed E-state index contributed by atoms with van der Waals surface area (Å²) in [6.07, 6.45) is -4.89. The fourth-order valence-corrected chi connectivity index (χ4v) is 0.293. The van der Waals surface area contributed by atoms with Crippen LogP contribution in [0.25, 0.3) is 0 Å². The third kappa shape index (κ3) is 5.27. The van der Waals surface area contributed by atoms with Crippen molar-refractivity contribution < 1.29 is 23.0 Å². The van der Waals surface area contributed by atoms with Crippen molar-refractivity contribution in [2.45, 2.75) is 26.6 Å². The van der Waals surface area contributed by atoms with Crippen molar-refractivity contribution >= 4 is 6.16 Å². The largest absolute Gasteiger partial charge is 0.513 e. The summed E-state index contributed by atoms with van der Waals surface area (Å²) in [7, 11) is 0. The molecular formula is C5H8F2O3. The number of carbonyl (C=O) groups excluding carboxylic acids is 1. The lowest BCUT2D eigenvalue weighted by Crippen LogP contribution is -2.15. The van der Waals surface area contributed by atoms with Gasteiger partial charge in [0.05, 0.1) is 0 Å². The zero-order chi connectivity index (χ0) is 8.15. The van der Waals surface area contributed by atoms with E-state index in [1.165, 1.54) is 0 Å². The summed E-state index contributed by atoms with van der Waals surface area (Å²) in [5, 5.41) is 0. The normalized spacial score (nSPS) is 15.6. The fourth-order valence-electron chi connectivity index (χ4n) is 0.293. The maximum Gasteiger partial charge on any atom is 0.513 e. The van der Waals surface area contributed by atoms with Crippen LogP contribution in [-0.2, 0) is 9.47 Å². The van der Waals surface area contributed by atoms with Crippen LogP contribution in [0, 0.1) is 0 Å². The van der Waals surface area contributed by atoms with E-state index in [4.69, 9.17) is 0 Å². The van der Waals surface area contributed by atoms with Crippen molar-refractivity contribution in [3.63, 3.8) is 0 Å². The predicted octanol–water partition coefficient (Wildman–Crippen LogP) is 1.77. The first-order valence-electron chi connectivity index (χ1n) is 2.67. The highest BCUT2D eigenvalue weighted by Gasteiger charge is 2.11. The van der Waals surface area contributed by atoms with Crippen molar-refractivity contribution in [1.29, 1.82) is 0 Å². The number of alkyl halides is 2. The molecule has 2 atom stereocenters. The number of halogens is 2. The summed E-state index contributed by atoms with van der Waals surface area (Å²) in [4.78, 5) is 10.1. The molecule has 0 N–H and O–H groups in total. The summed E-state index contributed by atoms with van der Waals surface area (Å²) in [6.45, 7) is 1.98. The molecule has 1 unspecified atom stereocenters. The molecule has 0 aromatic heterocycles. The Hall–Kier alpha value is -0.870. The zero-order valence-corrected chi connectivity index (χ0v) is 5.64. The second-order valence-corrected chi connectivity index (χ2v) is 1.57. The molecule has 0 fully saturated rings. The number of hydrogen-bond acceptors (Lipinski definition) is 3. The van der Waals surface area contributed by atoms with Crippen molar-refractivity contribution in [3.8, 4) is 0 Å². The molecule has 0 bridgehead atoms. The molecule has 0 aliphatic heterocycles. The van der Waals surface area contributed by atoms with Crippen LogP contribution in [0.4, 0.5) is 13.6 Å². The molecule has 0 heterocycles. The molecule has 0 radical (unpaired) electrons. The molecule has 0 aliphatic rings. The summed E-state index contributed by atoms with van der Waals surface area (Å²) in [5.41, 5.74) is 0. The van der Waals surface area contributed by atoms with Crippen LogP contribution < -0.4 is 0 Å². The van der Waals surface area contributed by atoms with E-state index in [0.717, 1.165) is 13.8 Å². The highest BCUT2D eigenvalue weighted by Crippen LogP contribution is 1.98. The van der Waals surface area contributed by atoms with Crippen LogP contribution in [0.2, 0.25) is 0 Å². The van der Waals surface area contributed by atoms with Crippen molar-refractivity contribution in [2.75, 3.05) is 0 Å². The van der Waals surface area contributed by atoms with Gasteiger partial charge in [0.15, 0.2) is 0 Å². The first-order valence-corrected chi connectivity index (χ1v) is 2.67. The van der Waals surface area contributed by atoms with E-state index in [2.05, 4.69) is 9.47 Å². The van der Waals surface area contributed by atoms with Gasteiger partial charge in [0.25, 0.3) is 0 Å². The lowest BCUT2D eigenvalue weighted by molar-refractivity contribution is -0.0615. The molecule has 0 aromatic rings. The van der Waals surface area contributed by atoms with E-state index in [1.54, 1.807) is 0 Å². The third-order valence-electron chi connectivity index (χ3n) is 0.517. The quantitative estimate of drug-likeness (QED) is 0.568. The Bertz CT molecular complexity index is 101. The van der Waals surface area contributed by atoms with Crippen LogP contribution in [0.5, 0.6) is 0 Å². The second kappa shape index (κ2) is 4.03. The minimum Gasteiger partial charge on any atom is -0.400 e. The van der Waals surface area contributed by atoms with E-state index in [-0.39, 0.29) is 0 Å². The molecule has 0 rings (SSSR count). The second-order valence-electron chi connectivity index (χ2n) is 1.57. The molecule has 5 heteroatoms. The Kier molecular flexibility index (Phi) is 3.68. The predicted molar refractivity (Wildman–Crippen MR) is 28.7 cm³/mol. The van der Waals surface area contributed by atoms with E-state index in [1.807, 2.05) is 0 Å². The lowest BCUT2D eigenvalue weighted by Gasteiger charge is -2.05. The van der Waals surface area contributed by atoms with Gasteiger partial charge in [-0.05, 0) is 0 Å². The van der Waals surface area contributed by atoms with Gasteiger partial charge in [0.1, 0.15) is 0 Å². The van der Waals surface area contributed by atoms with Crippen molar-refractivity contribution in [1.82, 2.24) is 0 Å². The van der Waals surface area contributed by atoms with Crippen LogP contribution in [0.15, 0.2) is 0 Å². The summed E-state index contributed by atoms with van der Waals surface area (Å²) >= 11 is 0. The van der Waals surface area contributed by atoms with Crippen LogP contribution >= 0.6 is 0 Å². The molecule has 60 valence electrons. The topological polar surface area (TPSA) is 35.5 Å². The SMILES string of the molecule is CC(F)OC(=O)O[C@H](C)F.